The monoisotopic (exact) mass is 220 g/mol. The summed E-state index contributed by atoms with van der Waals surface area (Å²) in [5.74, 6) is -0.468. The Morgan fingerprint density at radius 3 is 2.44 bits per heavy atom. The van der Waals surface area contributed by atoms with Gasteiger partial charge in [-0.25, -0.2) is 0 Å². The molecular weight excluding hydrogens is 204 g/mol. The van der Waals surface area contributed by atoms with Crippen LogP contribution in [0.15, 0.2) is 30.3 Å². The summed E-state index contributed by atoms with van der Waals surface area (Å²) in [6, 6.07) is 9.82. The Kier molecular flexibility index (Phi) is 4.70. The fraction of sp³-hybridized carbons (Fsp3) is 0.385. The molecule has 3 nitrogen and oxygen atoms in total. The highest BCUT2D eigenvalue weighted by molar-refractivity contribution is 5.94. The second kappa shape index (κ2) is 6.05. The van der Waals surface area contributed by atoms with Crippen molar-refractivity contribution in [3.05, 3.63) is 35.9 Å². The summed E-state index contributed by atoms with van der Waals surface area (Å²) in [7, 11) is 0. The van der Waals surface area contributed by atoms with Crippen LogP contribution in [0.4, 0.5) is 0 Å². The molecule has 0 fully saturated rings. The van der Waals surface area contributed by atoms with Gasteiger partial charge in [0, 0.05) is 5.92 Å². The largest absolute Gasteiger partial charge is 0.465 e. The smallest absolute Gasteiger partial charge is 0.313 e. The summed E-state index contributed by atoms with van der Waals surface area (Å²) in [5.41, 5.74) is 1.12. The van der Waals surface area contributed by atoms with E-state index in [-0.39, 0.29) is 18.1 Å². The van der Waals surface area contributed by atoms with E-state index in [1.807, 2.05) is 37.3 Å². The van der Waals surface area contributed by atoms with Gasteiger partial charge in [0.2, 0.25) is 0 Å². The number of esters is 1. The SMILES string of the molecule is CC(=O)CC(=O)OCC(C)c1ccccc1. The van der Waals surface area contributed by atoms with Gasteiger partial charge in [-0.3, -0.25) is 9.59 Å². The van der Waals surface area contributed by atoms with E-state index in [4.69, 9.17) is 4.74 Å². The number of rotatable bonds is 5. The van der Waals surface area contributed by atoms with E-state index in [0.717, 1.165) is 5.56 Å². The first-order valence-corrected chi connectivity index (χ1v) is 5.29. The van der Waals surface area contributed by atoms with E-state index in [2.05, 4.69) is 0 Å². The lowest BCUT2D eigenvalue weighted by Crippen LogP contribution is -2.13. The van der Waals surface area contributed by atoms with Crippen LogP contribution in [0.5, 0.6) is 0 Å². The molecule has 0 spiro atoms. The van der Waals surface area contributed by atoms with Crippen LogP contribution in [-0.2, 0) is 14.3 Å². The van der Waals surface area contributed by atoms with Crippen LogP contribution in [0, 0.1) is 0 Å². The lowest BCUT2D eigenvalue weighted by Gasteiger charge is -2.11. The average molecular weight is 220 g/mol. The van der Waals surface area contributed by atoms with E-state index < -0.39 is 5.97 Å². The second-order valence-corrected chi connectivity index (χ2v) is 3.87. The molecule has 0 bridgehead atoms. The van der Waals surface area contributed by atoms with Crippen LogP contribution < -0.4 is 0 Å². The topological polar surface area (TPSA) is 43.4 Å². The molecule has 0 saturated heterocycles. The molecule has 0 aliphatic carbocycles. The zero-order valence-corrected chi connectivity index (χ0v) is 9.60. The van der Waals surface area contributed by atoms with Gasteiger partial charge in [0.1, 0.15) is 12.2 Å². The van der Waals surface area contributed by atoms with Crippen LogP contribution in [-0.4, -0.2) is 18.4 Å². The molecule has 1 aromatic rings. The number of ketones is 1. The molecule has 0 aromatic heterocycles. The van der Waals surface area contributed by atoms with Crippen LogP contribution in [0.1, 0.15) is 31.7 Å². The fourth-order valence-electron chi connectivity index (χ4n) is 1.35. The lowest BCUT2D eigenvalue weighted by atomic mass is 10.0. The van der Waals surface area contributed by atoms with E-state index in [9.17, 15) is 9.59 Å². The van der Waals surface area contributed by atoms with Gasteiger partial charge >= 0.3 is 5.97 Å². The number of hydrogen-bond acceptors (Lipinski definition) is 3. The lowest BCUT2D eigenvalue weighted by molar-refractivity contribution is -0.146. The zero-order chi connectivity index (χ0) is 12.0. The molecule has 1 aromatic carbocycles. The van der Waals surface area contributed by atoms with Gasteiger partial charge < -0.3 is 4.74 Å². The molecule has 0 aliphatic rings. The third-order valence-corrected chi connectivity index (χ3v) is 2.26. The van der Waals surface area contributed by atoms with Crippen molar-refractivity contribution in [2.24, 2.45) is 0 Å². The Labute approximate surface area is 95.4 Å². The minimum Gasteiger partial charge on any atom is -0.465 e. The molecule has 0 aliphatic heterocycles. The first-order valence-electron chi connectivity index (χ1n) is 5.29. The number of carbonyl (C=O) groups is 2. The third kappa shape index (κ3) is 4.26. The van der Waals surface area contributed by atoms with Crippen molar-refractivity contribution in [1.29, 1.82) is 0 Å². The van der Waals surface area contributed by atoms with Crippen molar-refractivity contribution in [2.45, 2.75) is 26.2 Å². The molecular formula is C13H16O3. The maximum absolute atomic E-state index is 11.1. The Balaban J connectivity index is 2.39. The van der Waals surface area contributed by atoms with E-state index >= 15 is 0 Å². The van der Waals surface area contributed by atoms with Crippen LogP contribution in [0.2, 0.25) is 0 Å². The molecule has 3 heteroatoms. The van der Waals surface area contributed by atoms with Crippen LogP contribution in [0.25, 0.3) is 0 Å². The standard InChI is InChI=1S/C13H16O3/c1-10(12-6-4-3-5-7-12)9-16-13(15)8-11(2)14/h3-7,10H,8-9H2,1-2H3. The van der Waals surface area contributed by atoms with Crippen molar-refractivity contribution in [3.8, 4) is 0 Å². The summed E-state index contributed by atoms with van der Waals surface area (Å²) in [5, 5.41) is 0. The first kappa shape index (κ1) is 12.4. The third-order valence-electron chi connectivity index (χ3n) is 2.26. The van der Waals surface area contributed by atoms with Gasteiger partial charge in [-0.2, -0.15) is 0 Å². The fourth-order valence-corrected chi connectivity index (χ4v) is 1.35. The number of ether oxygens (including phenoxy) is 1. The summed E-state index contributed by atoms with van der Waals surface area (Å²) < 4.78 is 5.01. The quantitative estimate of drug-likeness (QED) is 0.565. The number of carbonyl (C=O) groups excluding carboxylic acids is 2. The number of hydrogen-bond donors (Lipinski definition) is 0. The van der Waals surface area contributed by atoms with E-state index in [1.54, 1.807) is 0 Å². The highest BCUT2D eigenvalue weighted by Crippen LogP contribution is 2.14. The van der Waals surface area contributed by atoms with Crippen molar-refractivity contribution in [2.75, 3.05) is 6.61 Å². The van der Waals surface area contributed by atoms with Crippen LogP contribution >= 0.6 is 0 Å². The second-order valence-electron chi connectivity index (χ2n) is 3.87. The molecule has 86 valence electrons. The minimum atomic E-state index is -0.449. The van der Waals surface area contributed by atoms with E-state index in [0.29, 0.717) is 6.61 Å². The molecule has 1 rings (SSSR count). The molecule has 0 saturated carbocycles. The first-order chi connectivity index (χ1) is 7.59. The Morgan fingerprint density at radius 2 is 1.88 bits per heavy atom. The Morgan fingerprint density at radius 1 is 1.25 bits per heavy atom. The van der Waals surface area contributed by atoms with Crippen molar-refractivity contribution in [3.63, 3.8) is 0 Å². The predicted molar refractivity (Wildman–Crippen MR) is 61.1 cm³/mol. The molecule has 0 heterocycles. The molecule has 0 radical (unpaired) electrons. The highest BCUT2D eigenvalue weighted by atomic mass is 16.5. The van der Waals surface area contributed by atoms with Gasteiger partial charge in [-0.1, -0.05) is 37.3 Å². The minimum absolute atomic E-state index is 0.137. The number of benzene rings is 1. The maximum atomic E-state index is 11.1. The predicted octanol–water partition coefficient (Wildman–Crippen LogP) is 2.31. The van der Waals surface area contributed by atoms with Gasteiger partial charge in [0.15, 0.2) is 0 Å². The van der Waals surface area contributed by atoms with Crippen molar-refractivity contribution in [1.82, 2.24) is 0 Å². The molecule has 1 unspecified atom stereocenters. The van der Waals surface area contributed by atoms with Crippen molar-refractivity contribution >= 4 is 11.8 Å². The average Bonchev–Trinajstić information content (AvgIpc) is 2.26. The summed E-state index contributed by atoms with van der Waals surface area (Å²) in [4.78, 5) is 21.8. The zero-order valence-electron chi connectivity index (χ0n) is 9.60. The molecule has 0 N–H and O–H groups in total. The Bertz CT molecular complexity index is 357. The normalized spacial score (nSPS) is 11.9. The highest BCUT2D eigenvalue weighted by Gasteiger charge is 2.10. The van der Waals surface area contributed by atoms with Gasteiger partial charge in [0.25, 0.3) is 0 Å². The van der Waals surface area contributed by atoms with Crippen LogP contribution in [0.3, 0.4) is 0 Å². The van der Waals surface area contributed by atoms with Gasteiger partial charge in [-0.05, 0) is 12.5 Å². The molecule has 1 atom stereocenters. The summed E-state index contributed by atoms with van der Waals surface area (Å²) >= 11 is 0. The van der Waals surface area contributed by atoms with E-state index in [1.165, 1.54) is 6.92 Å². The number of Topliss-reactive ketones (excluding diaryl/α,β-unsaturated/α-hetero) is 1. The van der Waals surface area contributed by atoms with Gasteiger partial charge in [0.05, 0.1) is 6.61 Å². The van der Waals surface area contributed by atoms with Crippen molar-refractivity contribution < 1.29 is 14.3 Å². The summed E-state index contributed by atoms with van der Waals surface area (Å²) in [6.07, 6.45) is -0.137. The Hall–Kier alpha value is -1.64. The molecule has 0 amide bonds. The molecule has 16 heavy (non-hydrogen) atoms. The summed E-state index contributed by atoms with van der Waals surface area (Å²) in [6.45, 7) is 3.67. The van der Waals surface area contributed by atoms with Gasteiger partial charge in [-0.15, -0.1) is 0 Å². The maximum Gasteiger partial charge on any atom is 0.313 e.